The Hall–Kier alpha value is -3.29. The summed E-state index contributed by atoms with van der Waals surface area (Å²) in [5.74, 6) is 0.622. The minimum absolute atomic E-state index is 0.365. The van der Waals surface area contributed by atoms with Crippen molar-refractivity contribution in [1.29, 1.82) is 0 Å². The van der Waals surface area contributed by atoms with Crippen molar-refractivity contribution < 1.29 is 18.7 Å². The monoisotopic (exact) mass is 576 g/mol. The summed E-state index contributed by atoms with van der Waals surface area (Å²) < 4.78 is 25.2. The van der Waals surface area contributed by atoms with Gasteiger partial charge in [0, 0.05) is 23.8 Å². The summed E-state index contributed by atoms with van der Waals surface area (Å²) in [5.41, 5.74) is 4.50. The fraction of sp³-hybridized carbons (Fsp3) is 0.371. The zero-order chi connectivity index (χ0) is 31.0. The van der Waals surface area contributed by atoms with Gasteiger partial charge in [-0.05, 0) is 66.9 Å². The van der Waals surface area contributed by atoms with E-state index in [0.29, 0.717) is 13.3 Å². The van der Waals surface area contributed by atoms with Crippen molar-refractivity contribution in [3.63, 3.8) is 0 Å². The predicted octanol–water partition coefficient (Wildman–Crippen LogP) is 5.97. The molecule has 8 heteroatoms. The maximum Gasteiger partial charge on any atom is 0.494 e. The van der Waals surface area contributed by atoms with Crippen LogP contribution in [0.5, 0.6) is 0 Å². The average Bonchev–Trinajstić information content (AvgIpc) is 3.22. The molecule has 0 bridgehead atoms. The van der Waals surface area contributed by atoms with Gasteiger partial charge in [-0.3, -0.25) is 0 Å². The van der Waals surface area contributed by atoms with Crippen LogP contribution in [-0.2, 0) is 18.7 Å². The van der Waals surface area contributed by atoms with Gasteiger partial charge in [0.15, 0.2) is 5.82 Å². The lowest BCUT2D eigenvalue weighted by molar-refractivity contribution is -0.114. The Labute approximate surface area is 257 Å². The number of nitrogens with zero attached hydrogens (tertiary/aromatic N) is 2. The molecular formula is C35H42B2N2O4. The number of benzene rings is 3. The average molecular weight is 576 g/mol. The standard InChI is InChI=1S/C35H42B2N2O4/c1-32(2,40-9)33(3,4)41-36-27-20-26(21-28(22-27)37-42-34(5,6)35(7,8)43-37)31-38-29(24-16-12-10-13-17-24)23-30(39-31)25-18-14-11-15-19-25/h10-23,36H,1-9H3. The summed E-state index contributed by atoms with van der Waals surface area (Å²) in [6.45, 7) is 16.4. The first-order valence-electron chi connectivity index (χ1n) is 14.9. The Morgan fingerprint density at radius 1 is 0.674 bits per heavy atom. The van der Waals surface area contributed by atoms with Crippen LogP contribution in [0.2, 0.25) is 0 Å². The molecule has 222 valence electrons. The Morgan fingerprint density at radius 3 is 1.67 bits per heavy atom. The Balaban J connectivity index is 1.63. The molecule has 0 unspecified atom stereocenters. The molecule has 0 N–H and O–H groups in total. The highest BCUT2D eigenvalue weighted by Crippen LogP contribution is 2.37. The molecule has 43 heavy (non-hydrogen) atoms. The van der Waals surface area contributed by atoms with E-state index >= 15 is 0 Å². The second-order valence-corrected chi connectivity index (χ2v) is 13.3. The highest BCUT2D eigenvalue weighted by Gasteiger charge is 2.52. The molecule has 0 aliphatic carbocycles. The molecule has 6 nitrogen and oxygen atoms in total. The van der Waals surface area contributed by atoms with Gasteiger partial charge in [-0.25, -0.2) is 9.97 Å². The predicted molar refractivity (Wildman–Crippen MR) is 177 cm³/mol. The minimum Gasteiger partial charge on any atom is -0.427 e. The van der Waals surface area contributed by atoms with Gasteiger partial charge in [0.1, 0.15) is 0 Å². The van der Waals surface area contributed by atoms with E-state index in [1.54, 1.807) is 7.11 Å². The highest BCUT2D eigenvalue weighted by molar-refractivity contribution is 6.63. The van der Waals surface area contributed by atoms with Crippen LogP contribution in [-0.4, -0.2) is 54.1 Å². The van der Waals surface area contributed by atoms with Gasteiger partial charge in [-0.15, -0.1) is 0 Å². The number of hydrogen-bond acceptors (Lipinski definition) is 6. The van der Waals surface area contributed by atoms with Crippen molar-refractivity contribution in [3.05, 3.63) is 84.9 Å². The quantitative estimate of drug-likeness (QED) is 0.229. The molecule has 0 radical (unpaired) electrons. The molecule has 4 aromatic rings. The summed E-state index contributed by atoms with van der Waals surface area (Å²) in [6, 6.07) is 28.7. The van der Waals surface area contributed by atoms with Crippen LogP contribution in [0.15, 0.2) is 84.9 Å². The fourth-order valence-corrected chi connectivity index (χ4v) is 4.82. The minimum atomic E-state index is -0.549. The molecular weight excluding hydrogens is 534 g/mol. The van der Waals surface area contributed by atoms with Crippen LogP contribution in [0.3, 0.4) is 0 Å². The topological polar surface area (TPSA) is 62.7 Å². The second kappa shape index (κ2) is 11.7. The van der Waals surface area contributed by atoms with Crippen LogP contribution < -0.4 is 10.9 Å². The van der Waals surface area contributed by atoms with E-state index in [9.17, 15) is 0 Å². The Kier molecular flexibility index (Phi) is 8.45. The van der Waals surface area contributed by atoms with Crippen molar-refractivity contribution >= 4 is 25.5 Å². The van der Waals surface area contributed by atoms with Crippen LogP contribution >= 0.6 is 0 Å². The van der Waals surface area contributed by atoms with E-state index < -0.39 is 29.5 Å². The normalized spacial score (nSPS) is 16.3. The summed E-state index contributed by atoms with van der Waals surface area (Å²) in [5, 5.41) is 0. The van der Waals surface area contributed by atoms with Crippen molar-refractivity contribution in [3.8, 4) is 33.9 Å². The van der Waals surface area contributed by atoms with Gasteiger partial charge >= 0.3 is 14.6 Å². The number of rotatable bonds is 9. The summed E-state index contributed by atoms with van der Waals surface area (Å²) >= 11 is 0. The Bertz CT molecular complexity index is 1500. The zero-order valence-corrected chi connectivity index (χ0v) is 26.9. The third-order valence-corrected chi connectivity index (χ3v) is 9.22. The molecule has 0 atom stereocenters. The van der Waals surface area contributed by atoms with Gasteiger partial charge in [0.25, 0.3) is 0 Å². The van der Waals surface area contributed by atoms with Crippen LogP contribution in [0.25, 0.3) is 33.9 Å². The zero-order valence-electron chi connectivity index (χ0n) is 26.9. The number of ether oxygens (including phenoxy) is 1. The van der Waals surface area contributed by atoms with Crippen molar-refractivity contribution in [2.45, 2.75) is 77.8 Å². The second-order valence-electron chi connectivity index (χ2n) is 13.3. The number of hydrogen-bond donors (Lipinski definition) is 0. The molecule has 1 aromatic heterocycles. The van der Waals surface area contributed by atoms with E-state index in [4.69, 9.17) is 28.7 Å². The van der Waals surface area contributed by atoms with Crippen LogP contribution in [0.1, 0.15) is 55.4 Å². The van der Waals surface area contributed by atoms with Gasteiger partial charge in [0.2, 0.25) is 0 Å². The molecule has 1 aliphatic heterocycles. The van der Waals surface area contributed by atoms with Gasteiger partial charge in [-0.2, -0.15) is 0 Å². The van der Waals surface area contributed by atoms with E-state index in [1.165, 1.54) is 0 Å². The molecule has 0 saturated carbocycles. The molecule has 3 aromatic carbocycles. The highest BCUT2D eigenvalue weighted by atomic mass is 16.7. The Morgan fingerprint density at radius 2 is 1.19 bits per heavy atom. The number of aromatic nitrogens is 2. The smallest absolute Gasteiger partial charge is 0.427 e. The molecule has 0 amide bonds. The maximum absolute atomic E-state index is 6.50. The molecule has 1 saturated heterocycles. The van der Waals surface area contributed by atoms with Gasteiger partial charge in [0.05, 0.1) is 33.8 Å². The van der Waals surface area contributed by atoms with E-state index in [2.05, 4.69) is 70.2 Å². The first kappa shape index (κ1) is 31.1. The number of methoxy groups -OCH3 is 1. The third kappa shape index (κ3) is 6.48. The summed E-state index contributed by atoms with van der Waals surface area (Å²) in [4.78, 5) is 10.1. The van der Waals surface area contributed by atoms with E-state index in [-0.39, 0.29) is 0 Å². The maximum atomic E-state index is 6.50. The first-order chi connectivity index (χ1) is 20.2. The van der Waals surface area contributed by atoms with Crippen molar-refractivity contribution in [2.75, 3.05) is 7.11 Å². The fourth-order valence-electron chi connectivity index (χ4n) is 4.82. The van der Waals surface area contributed by atoms with E-state index in [1.807, 2.05) is 70.2 Å². The molecule has 1 aliphatic rings. The first-order valence-corrected chi connectivity index (χ1v) is 14.9. The summed E-state index contributed by atoms with van der Waals surface area (Å²) in [7, 11) is 1.53. The lowest BCUT2D eigenvalue weighted by atomic mass is 9.73. The third-order valence-electron chi connectivity index (χ3n) is 9.22. The van der Waals surface area contributed by atoms with Crippen LogP contribution in [0, 0.1) is 0 Å². The van der Waals surface area contributed by atoms with Gasteiger partial charge in [-0.1, -0.05) is 84.3 Å². The molecule has 0 spiro atoms. The van der Waals surface area contributed by atoms with E-state index in [0.717, 1.165) is 39.0 Å². The lowest BCUT2D eigenvalue weighted by Crippen LogP contribution is -2.50. The van der Waals surface area contributed by atoms with Gasteiger partial charge < -0.3 is 18.7 Å². The SMILES string of the molecule is COC(C)(C)C(C)(C)OBc1cc(B2OC(C)(C)C(C)(C)O2)cc(-c2nc(-c3ccccc3)cc(-c3ccccc3)n2)c1. The molecule has 1 fully saturated rings. The summed E-state index contributed by atoms with van der Waals surface area (Å²) in [6.07, 6.45) is 0. The lowest BCUT2D eigenvalue weighted by Gasteiger charge is -2.40. The van der Waals surface area contributed by atoms with Crippen LogP contribution in [0.4, 0.5) is 0 Å². The van der Waals surface area contributed by atoms with Crippen molar-refractivity contribution in [1.82, 2.24) is 9.97 Å². The molecule has 5 rings (SSSR count). The molecule has 2 heterocycles. The largest absolute Gasteiger partial charge is 0.494 e. The van der Waals surface area contributed by atoms with Crippen molar-refractivity contribution in [2.24, 2.45) is 0 Å².